The summed E-state index contributed by atoms with van der Waals surface area (Å²) in [6, 6.07) is 1.55. The fraction of sp³-hybridized carbons (Fsp3) is 0.647. The summed E-state index contributed by atoms with van der Waals surface area (Å²) in [6.45, 7) is 1.30. The predicted octanol–water partition coefficient (Wildman–Crippen LogP) is -0.319. The molecule has 0 aliphatic carbocycles. The number of aliphatic carboxylic acids is 1. The summed E-state index contributed by atoms with van der Waals surface area (Å²) in [5.41, 5.74) is 0. The Labute approximate surface area is 207 Å². The smallest absolute Gasteiger partial charge is 0.486 e. The molecule has 194 valence electrons. The van der Waals surface area contributed by atoms with Gasteiger partial charge < -0.3 is 25.2 Å². The third kappa shape index (κ3) is 8.35. The summed E-state index contributed by atoms with van der Waals surface area (Å²) >= 11 is 2.20. The van der Waals surface area contributed by atoms with Gasteiger partial charge in [0, 0.05) is 25.3 Å². The van der Waals surface area contributed by atoms with Crippen LogP contribution in [0.4, 0.5) is 19.0 Å². The van der Waals surface area contributed by atoms with E-state index in [0.29, 0.717) is 19.7 Å². The maximum atomic E-state index is 11.6. The number of ether oxygens (including phenoxy) is 1. The third-order valence-corrected chi connectivity index (χ3v) is 9.11. The second-order valence-corrected chi connectivity index (χ2v) is 13.1. The van der Waals surface area contributed by atoms with Crippen molar-refractivity contribution < 1.29 is 49.8 Å². The Morgan fingerprint density at radius 3 is 2.38 bits per heavy atom. The zero-order valence-corrected chi connectivity index (χ0v) is 21.3. The Morgan fingerprint density at radius 1 is 1.24 bits per heavy atom. The van der Waals surface area contributed by atoms with Crippen LogP contribution in [0.5, 0.6) is 5.75 Å². The van der Waals surface area contributed by atoms with Crippen molar-refractivity contribution in [3.05, 3.63) is 15.8 Å². The number of sulfone groups is 2. The number of anilines is 1. The molecule has 0 amide bonds. The molecule has 0 radical (unpaired) electrons. The first-order chi connectivity index (χ1) is 15.6. The monoisotopic (exact) mass is 645 g/mol. The maximum Gasteiger partial charge on any atom is 0.490 e. The van der Waals surface area contributed by atoms with E-state index in [2.05, 4.69) is 37.8 Å². The van der Waals surface area contributed by atoms with Gasteiger partial charge in [-0.05, 0) is 28.7 Å². The molecule has 0 saturated carbocycles. The number of rotatable bonds is 1. The van der Waals surface area contributed by atoms with Gasteiger partial charge in [-0.15, -0.1) is 0 Å². The van der Waals surface area contributed by atoms with E-state index in [1.165, 1.54) is 0 Å². The van der Waals surface area contributed by atoms with Gasteiger partial charge in [-0.1, -0.05) is 0 Å². The van der Waals surface area contributed by atoms with Crippen molar-refractivity contribution in [1.82, 2.24) is 10.3 Å². The van der Waals surface area contributed by atoms with Crippen LogP contribution in [-0.2, 0) is 24.5 Å². The van der Waals surface area contributed by atoms with E-state index in [0.717, 1.165) is 15.1 Å². The Kier molecular flexibility index (Phi) is 9.76. The van der Waals surface area contributed by atoms with Crippen molar-refractivity contribution >= 4 is 54.1 Å². The fourth-order valence-electron chi connectivity index (χ4n) is 3.22. The van der Waals surface area contributed by atoms with Crippen LogP contribution in [-0.4, -0.2) is 106 Å². The Hall–Kier alpha value is -1.44. The molecule has 0 spiro atoms. The van der Waals surface area contributed by atoms with Gasteiger partial charge in [0.05, 0.1) is 39.2 Å². The quantitative estimate of drug-likeness (QED) is 0.343. The van der Waals surface area contributed by atoms with Gasteiger partial charge in [0.15, 0.2) is 31.2 Å². The standard InChI is InChI=1S/C10H11IN2O3S.C5H11NO3S.C2HF3O2/c11-8-1-2-12-10-9(8)16-5-7-6-17(14,15)4-3-13(7)10;7-3-5-4-10(8,9)2-1-6-5;3-2(4,5)1(6)7/h1-2,7H,3-6H2;5-7H,1-4H2;(H,6,7). The largest absolute Gasteiger partial charge is 0.490 e. The van der Waals surface area contributed by atoms with E-state index in [1.54, 1.807) is 6.20 Å². The number of carbonyl (C=O) groups is 1. The zero-order valence-electron chi connectivity index (χ0n) is 17.5. The number of alkyl halides is 3. The van der Waals surface area contributed by atoms with Gasteiger partial charge in [0.1, 0.15) is 6.61 Å². The minimum atomic E-state index is -5.08. The lowest BCUT2D eigenvalue weighted by Gasteiger charge is -2.40. The van der Waals surface area contributed by atoms with E-state index in [-0.39, 0.29) is 41.7 Å². The predicted molar refractivity (Wildman–Crippen MR) is 123 cm³/mol. The van der Waals surface area contributed by atoms with Gasteiger partial charge >= 0.3 is 12.1 Å². The highest BCUT2D eigenvalue weighted by molar-refractivity contribution is 14.1. The number of nitrogens with zero attached hydrogens (tertiary/aromatic N) is 2. The molecule has 2 fully saturated rings. The zero-order chi connectivity index (χ0) is 25.7. The number of carboxylic acid groups (broad SMARTS) is 1. The number of hydrogen-bond acceptors (Lipinski definition) is 10. The van der Waals surface area contributed by atoms with Gasteiger partial charge in [0.25, 0.3) is 0 Å². The normalized spacial score (nSPS) is 24.6. The molecule has 0 aromatic carbocycles. The highest BCUT2D eigenvalue weighted by atomic mass is 127. The Morgan fingerprint density at radius 2 is 1.85 bits per heavy atom. The summed E-state index contributed by atoms with van der Waals surface area (Å²) < 4.78 is 83.3. The molecule has 3 aliphatic heterocycles. The number of pyridine rings is 1. The Balaban J connectivity index is 0.000000205. The number of fused-ring (bicyclic) bond motifs is 3. The van der Waals surface area contributed by atoms with Crippen LogP contribution >= 0.6 is 22.6 Å². The lowest BCUT2D eigenvalue weighted by Crippen LogP contribution is -2.53. The summed E-state index contributed by atoms with van der Waals surface area (Å²) in [5, 5.41) is 18.6. The number of aliphatic hydroxyl groups is 1. The molecule has 34 heavy (non-hydrogen) atoms. The molecular formula is C17H23F3IN3O8S2. The van der Waals surface area contributed by atoms with Crippen molar-refractivity contribution in [2.45, 2.75) is 18.3 Å². The van der Waals surface area contributed by atoms with Crippen molar-refractivity contribution in [2.24, 2.45) is 0 Å². The van der Waals surface area contributed by atoms with Crippen LogP contribution in [0.2, 0.25) is 0 Å². The first kappa shape index (κ1) is 28.8. The molecule has 2 atom stereocenters. The molecule has 4 heterocycles. The lowest BCUT2D eigenvalue weighted by atomic mass is 10.2. The molecule has 3 aliphatic rings. The SMILES string of the molecule is O=C(O)C(F)(F)F.O=S1(=O)CCN2c3nccc(I)c3OCC2C1.O=S1(=O)CCNC(CO)C1. The topological polar surface area (TPSA) is 163 Å². The third-order valence-electron chi connectivity index (χ3n) is 4.82. The van der Waals surface area contributed by atoms with E-state index in [4.69, 9.17) is 19.7 Å². The van der Waals surface area contributed by atoms with E-state index in [1.807, 2.05) is 6.07 Å². The molecule has 4 rings (SSSR count). The second kappa shape index (κ2) is 11.5. The molecule has 2 unspecified atom stereocenters. The Bertz CT molecular complexity index is 1090. The highest BCUT2D eigenvalue weighted by Crippen LogP contribution is 2.36. The van der Waals surface area contributed by atoms with Gasteiger partial charge in [-0.3, -0.25) is 0 Å². The van der Waals surface area contributed by atoms with Crippen LogP contribution in [0.15, 0.2) is 12.3 Å². The first-order valence-electron chi connectivity index (χ1n) is 9.74. The van der Waals surface area contributed by atoms with E-state index in [9.17, 15) is 30.0 Å². The molecule has 0 bridgehead atoms. The number of aliphatic hydroxyl groups excluding tert-OH is 1. The van der Waals surface area contributed by atoms with Crippen LogP contribution in [0.1, 0.15) is 0 Å². The summed E-state index contributed by atoms with van der Waals surface area (Å²) in [7, 11) is -5.78. The van der Waals surface area contributed by atoms with Crippen LogP contribution < -0.4 is 15.0 Å². The van der Waals surface area contributed by atoms with Crippen LogP contribution in [0, 0.1) is 3.57 Å². The van der Waals surface area contributed by atoms with Crippen molar-refractivity contribution in [3.8, 4) is 5.75 Å². The molecule has 1 aromatic heterocycles. The number of nitrogens with one attached hydrogen (secondary N) is 1. The number of halogens is 4. The van der Waals surface area contributed by atoms with E-state index < -0.39 is 31.8 Å². The number of carboxylic acids is 1. The minimum absolute atomic E-state index is 0.0729. The fourth-order valence-corrected chi connectivity index (χ4v) is 6.71. The second-order valence-electron chi connectivity index (χ2n) is 7.47. The molecule has 17 heteroatoms. The number of aromatic nitrogens is 1. The summed E-state index contributed by atoms with van der Waals surface area (Å²) in [5.74, 6) is -0.554. The van der Waals surface area contributed by atoms with Crippen molar-refractivity contribution in [2.75, 3.05) is 54.2 Å². The van der Waals surface area contributed by atoms with E-state index >= 15 is 0 Å². The molecule has 11 nitrogen and oxygen atoms in total. The van der Waals surface area contributed by atoms with Crippen LogP contribution in [0.3, 0.4) is 0 Å². The molecule has 3 N–H and O–H groups in total. The average Bonchev–Trinajstić information content (AvgIpc) is 2.72. The lowest BCUT2D eigenvalue weighted by molar-refractivity contribution is -0.192. The highest BCUT2D eigenvalue weighted by Gasteiger charge is 2.38. The van der Waals surface area contributed by atoms with Gasteiger partial charge in [-0.2, -0.15) is 13.2 Å². The molecule has 2 saturated heterocycles. The summed E-state index contributed by atoms with van der Waals surface area (Å²) in [4.78, 5) is 15.3. The van der Waals surface area contributed by atoms with Gasteiger partial charge in [0.2, 0.25) is 0 Å². The maximum absolute atomic E-state index is 11.6. The van der Waals surface area contributed by atoms with Crippen LogP contribution in [0.25, 0.3) is 0 Å². The summed E-state index contributed by atoms with van der Waals surface area (Å²) in [6.07, 6.45) is -3.35. The minimum Gasteiger partial charge on any atom is -0.486 e. The van der Waals surface area contributed by atoms with Gasteiger partial charge in [-0.25, -0.2) is 26.6 Å². The molecule has 1 aromatic rings. The molecular weight excluding hydrogens is 622 g/mol. The van der Waals surface area contributed by atoms with Crippen molar-refractivity contribution in [3.63, 3.8) is 0 Å². The average molecular weight is 645 g/mol. The first-order valence-corrected chi connectivity index (χ1v) is 14.5. The number of hydrogen-bond donors (Lipinski definition) is 3. The van der Waals surface area contributed by atoms with Crippen molar-refractivity contribution in [1.29, 1.82) is 0 Å².